The summed E-state index contributed by atoms with van der Waals surface area (Å²) in [7, 11) is -3.45. The van der Waals surface area contributed by atoms with E-state index in [0.717, 1.165) is 24.0 Å². The molecule has 2 aromatic rings. The first kappa shape index (κ1) is 21.0. The Labute approximate surface area is 162 Å². The highest BCUT2D eigenvalue weighted by Gasteiger charge is 2.18. The van der Waals surface area contributed by atoms with Gasteiger partial charge in [-0.15, -0.1) is 0 Å². The molecule has 0 aliphatic heterocycles. The quantitative estimate of drug-likeness (QED) is 0.746. The van der Waals surface area contributed by atoms with Crippen LogP contribution in [0.25, 0.3) is 0 Å². The fourth-order valence-electron chi connectivity index (χ4n) is 2.85. The molecule has 0 saturated carbocycles. The second kappa shape index (κ2) is 9.04. The molecule has 1 N–H and O–H groups in total. The molecule has 0 heterocycles. The molecule has 1 atom stereocenters. The Kier molecular flexibility index (Phi) is 7.02. The van der Waals surface area contributed by atoms with Crippen LogP contribution in [0.3, 0.4) is 0 Å². The number of nitrogens with zero attached hydrogens (tertiary/aromatic N) is 1. The van der Waals surface area contributed by atoms with Gasteiger partial charge in [-0.2, -0.15) is 0 Å². The van der Waals surface area contributed by atoms with E-state index in [2.05, 4.69) is 12.2 Å². The molecule has 5 nitrogen and oxygen atoms in total. The third kappa shape index (κ3) is 6.10. The summed E-state index contributed by atoms with van der Waals surface area (Å²) in [5.41, 5.74) is 3.08. The third-order valence-corrected chi connectivity index (χ3v) is 5.50. The lowest BCUT2D eigenvalue weighted by molar-refractivity contribution is 0.0938. The van der Waals surface area contributed by atoms with Crippen LogP contribution in [0.1, 0.15) is 48.2 Å². The zero-order chi connectivity index (χ0) is 20.0. The average Bonchev–Trinajstić information content (AvgIpc) is 2.60. The van der Waals surface area contributed by atoms with E-state index in [-0.39, 0.29) is 18.5 Å². The molecule has 0 saturated heterocycles. The summed E-state index contributed by atoms with van der Waals surface area (Å²) in [6.07, 6.45) is 3.11. The van der Waals surface area contributed by atoms with Gasteiger partial charge in [0.15, 0.2) is 0 Å². The number of carbonyl (C=O) groups excluding carboxylic acids is 1. The van der Waals surface area contributed by atoms with E-state index in [1.807, 2.05) is 38.1 Å². The maximum absolute atomic E-state index is 12.3. The van der Waals surface area contributed by atoms with Crippen LogP contribution in [0.2, 0.25) is 0 Å². The molecule has 0 spiro atoms. The van der Waals surface area contributed by atoms with Crippen LogP contribution >= 0.6 is 0 Å². The zero-order valence-corrected chi connectivity index (χ0v) is 17.2. The molecular formula is C21H28N2O3S. The van der Waals surface area contributed by atoms with Crippen molar-refractivity contribution in [2.45, 2.75) is 46.2 Å². The van der Waals surface area contributed by atoms with Gasteiger partial charge in [0.25, 0.3) is 5.91 Å². The van der Waals surface area contributed by atoms with Crippen LogP contribution in [-0.2, 0) is 16.6 Å². The maximum Gasteiger partial charge on any atom is 0.251 e. The molecule has 0 fully saturated rings. The molecule has 2 rings (SSSR count). The summed E-state index contributed by atoms with van der Waals surface area (Å²) < 4.78 is 25.9. The first-order valence-corrected chi connectivity index (χ1v) is 11.0. The van der Waals surface area contributed by atoms with Gasteiger partial charge in [-0.1, -0.05) is 43.2 Å². The number of nitrogens with one attached hydrogen (secondary N) is 1. The Morgan fingerprint density at radius 3 is 2.19 bits per heavy atom. The average molecular weight is 389 g/mol. The number of anilines is 1. The van der Waals surface area contributed by atoms with Crippen LogP contribution in [0.5, 0.6) is 0 Å². The summed E-state index contributed by atoms with van der Waals surface area (Å²) in [5.74, 6) is -0.146. The number of carbonyl (C=O) groups is 1. The first-order chi connectivity index (χ1) is 12.7. The molecule has 0 bridgehead atoms. The fraction of sp³-hybridized carbons (Fsp3) is 0.381. The molecule has 0 unspecified atom stereocenters. The molecule has 1 amide bonds. The second-order valence-electron chi connectivity index (χ2n) is 6.97. The van der Waals surface area contributed by atoms with Gasteiger partial charge in [0.2, 0.25) is 10.0 Å². The van der Waals surface area contributed by atoms with Gasteiger partial charge in [0.05, 0.1) is 18.5 Å². The molecular weight excluding hydrogens is 360 g/mol. The van der Waals surface area contributed by atoms with Gasteiger partial charge >= 0.3 is 0 Å². The Morgan fingerprint density at radius 2 is 1.67 bits per heavy atom. The number of hydrogen-bond donors (Lipinski definition) is 1. The van der Waals surface area contributed by atoms with Crippen molar-refractivity contribution < 1.29 is 13.2 Å². The van der Waals surface area contributed by atoms with E-state index in [0.29, 0.717) is 11.3 Å². The van der Waals surface area contributed by atoms with E-state index in [4.69, 9.17) is 0 Å². The van der Waals surface area contributed by atoms with Gasteiger partial charge in [-0.25, -0.2) is 8.42 Å². The number of sulfonamides is 1. The predicted molar refractivity (Wildman–Crippen MR) is 110 cm³/mol. The smallest absolute Gasteiger partial charge is 0.251 e. The lowest BCUT2D eigenvalue weighted by atomic mass is 10.1. The van der Waals surface area contributed by atoms with Crippen LogP contribution < -0.4 is 9.62 Å². The van der Waals surface area contributed by atoms with E-state index >= 15 is 0 Å². The number of aryl methyl sites for hydroxylation is 1. The largest absolute Gasteiger partial charge is 0.350 e. The van der Waals surface area contributed by atoms with Crippen molar-refractivity contribution in [2.75, 3.05) is 10.6 Å². The summed E-state index contributed by atoms with van der Waals surface area (Å²) in [6.45, 7) is 6.29. The SMILES string of the molecule is CCC[C@@H](C)NC(=O)c1ccc(N(Cc2ccc(C)cc2)S(C)(=O)=O)cc1. The standard InChI is InChI=1S/C21H28N2O3S/c1-5-6-17(3)22-21(24)19-11-13-20(14-12-19)23(27(4,25)26)15-18-9-7-16(2)8-10-18/h7-14,17H,5-6,15H2,1-4H3,(H,22,24)/t17-/m1/s1. The van der Waals surface area contributed by atoms with Crippen molar-refractivity contribution in [3.05, 3.63) is 65.2 Å². The Hall–Kier alpha value is -2.34. The minimum atomic E-state index is -3.45. The minimum absolute atomic E-state index is 0.108. The molecule has 2 aromatic carbocycles. The normalized spacial score (nSPS) is 12.4. The number of hydrogen-bond acceptors (Lipinski definition) is 3. The number of rotatable bonds is 8. The van der Waals surface area contributed by atoms with Gasteiger partial charge in [0.1, 0.15) is 0 Å². The second-order valence-corrected chi connectivity index (χ2v) is 8.87. The molecule has 0 aromatic heterocycles. The first-order valence-electron chi connectivity index (χ1n) is 9.15. The molecule has 0 aliphatic rings. The van der Waals surface area contributed by atoms with Crippen molar-refractivity contribution in [1.82, 2.24) is 5.32 Å². The summed E-state index contributed by atoms with van der Waals surface area (Å²) in [5, 5.41) is 2.95. The predicted octanol–water partition coefficient (Wildman–Crippen LogP) is 3.88. The van der Waals surface area contributed by atoms with Gasteiger partial charge in [0, 0.05) is 11.6 Å². The third-order valence-electron chi connectivity index (χ3n) is 4.36. The van der Waals surface area contributed by atoms with E-state index < -0.39 is 10.0 Å². The highest BCUT2D eigenvalue weighted by Crippen LogP contribution is 2.21. The van der Waals surface area contributed by atoms with Crippen molar-refractivity contribution in [3.63, 3.8) is 0 Å². The topological polar surface area (TPSA) is 66.5 Å². The Morgan fingerprint density at radius 1 is 1.07 bits per heavy atom. The number of benzene rings is 2. The molecule has 0 radical (unpaired) electrons. The lowest BCUT2D eigenvalue weighted by Gasteiger charge is -2.23. The van der Waals surface area contributed by atoms with Gasteiger partial charge < -0.3 is 5.32 Å². The van der Waals surface area contributed by atoms with Gasteiger partial charge in [-0.3, -0.25) is 9.10 Å². The summed E-state index contributed by atoms with van der Waals surface area (Å²) in [6, 6.07) is 14.5. The summed E-state index contributed by atoms with van der Waals surface area (Å²) >= 11 is 0. The number of amides is 1. The van der Waals surface area contributed by atoms with E-state index in [9.17, 15) is 13.2 Å². The molecule has 146 valence electrons. The van der Waals surface area contributed by atoms with Crippen LogP contribution in [0.4, 0.5) is 5.69 Å². The maximum atomic E-state index is 12.3. The van der Waals surface area contributed by atoms with Crippen molar-refractivity contribution in [3.8, 4) is 0 Å². The van der Waals surface area contributed by atoms with Crippen molar-refractivity contribution in [2.24, 2.45) is 0 Å². The Balaban J connectivity index is 2.19. The van der Waals surface area contributed by atoms with Crippen molar-refractivity contribution in [1.29, 1.82) is 0 Å². The zero-order valence-electron chi connectivity index (χ0n) is 16.4. The molecule has 27 heavy (non-hydrogen) atoms. The highest BCUT2D eigenvalue weighted by molar-refractivity contribution is 7.92. The van der Waals surface area contributed by atoms with Crippen molar-refractivity contribution >= 4 is 21.6 Å². The van der Waals surface area contributed by atoms with Crippen LogP contribution in [-0.4, -0.2) is 26.6 Å². The van der Waals surface area contributed by atoms with E-state index in [1.54, 1.807) is 24.3 Å². The summed E-state index contributed by atoms with van der Waals surface area (Å²) in [4.78, 5) is 12.3. The molecule has 6 heteroatoms. The highest BCUT2D eigenvalue weighted by atomic mass is 32.2. The Bertz CT molecular complexity index is 859. The monoisotopic (exact) mass is 388 g/mol. The van der Waals surface area contributed by atoms with Gasteiger partial charge in [-0.05, 0) is 50.1 Å². The fourth-order valence-corrected chi connectivity index (χ4v) is 3.74. The molecule has 0 aliphatic carbocycles. The minimum Gasteiger partial charge on any atom is -0.350 e. The lowest BCUT2D eigenvalue weighted by Crippen LogP contribution is -2.32. The van der Waals surface area contributed by atoms with Crippen LogP contribution in [0.15, 0.2) is 48.5 Å². The van der Waals surface area contributed by atoms with E-state index in [1.165, 1.54) is 10.6 Å². The van der Waals surface area contributed by atoms with Crippen LogP contribution in [0, 0.1) is 6.92 Å².